The van der Waals surface area contributed by atoms with Gasteiger partial charge in [0, 0.05) is 18.9 Å². The number of fused-ring (bicyclic) bond motifs is 1. The molecule has 0 saturated carbocycles. The zero-order valence-electron chi connectivity index (χ0n) is 10.9. The molecule has 0 aliphatic rings. The number of H-pyrrole nitrogens is 1. The summed E-state index contributed by atoms with van der Waals surface area (Å²) >= 11 is 5.35. The summed E-state index contributed by atoms with van der Waals surface area (Å²) in [5.74, 6) is 0. The first-order valence-electron chi connectivity index (χ1n) is 6.18. The van der Waals surface area contributed by atoms with Gasteiger partial charge in [0.25, 0.3) is 0 Å². The topological polar surface area (TPSA) is 51.4 Å². The summed E-state index contributed by atoms with van der Waals surface area (Å²) in [7, 11) is 0. The largest absolute Gasteiger partial charge is 0.329 e. The molecule has 98 valence electrons. The van der Waals surface area contributed by atoms with Gasteiger partial charge in [-0.3, -0.25) is 9.25 Å². The average Bonchev–Trinajstić information content (AvgIpc) is 2.89. The minimum atomic E-state index is 0.706. The molecule has 3 rings (SSSR count). The fraction of sp³-hybridized carbons (Fsp3) is 0.308. The number of aromatic nitrogens is 5. The Labute approximate surface area is 115 Å². The van der Waals surface area contributed by atoms with Crippen LogP contribution in [0.2, 0.25) is 0 Å². The van der Waals surface area contributed by atoms with Gasteiger partial charge in [0.05, 0.1) is 18.3 Å². The number of rotatable bonds is 3. The standard InChI is InChI=1S/C13H15N5S/c1-9-5-11-12(14-6-9)18(13(19)16-11)4-3-17-8-10(2)7-15-17/h5-8H,3-4H2,1-2H3,(H,16,19). The van der Waals surface area contributed by atoms with Crippen LogP contribution in [0.5, 0.6) is 0 Å². The van der Waals surface area contributed by atoms with Gasteiger partial charge in [-0.05, 0) is 43.3 Å². The Morgan fingerprint density at radius 2 is 2.05 bits per heavy atom. The van der Waals surface area contributed by atoms with Gasteiger partial charge < -0.3 is 4.98 Å². The third-order valence-corrected chi connectivity index (χ3v) is 3.38. The smallest absolute Gasteiger partial charge is 0.179 e. The molecule has 0 aromatic carbocycles. The molecule has 19 heavy (non-hydrogen) atoms. The maximum Gasteiger partial charge on any atom is 0.179 e. The van der Waals surface area contributed by atoms with E-state index in [0.29, 0.717) is 4.77 Å². The minimum Gasteiger partial charge on any atom is -0.329 e. The number of nitrogens with one attached hydrogen (secondary N) is 1. The summed E-state index contributed by atoms with van der Waals surface area (Å²) in [5.41, 5.74) is 4.18. The van der Waals surface area contributed by atoms with E-state index in [4.69, 9.17) is 12.2 Å². The Morgan fingerprint density at radius 3 is 2.79 bits per heavy atom. The lowest BCUT2D eigenvalue weighted by molar-refractivity contribution is 0.536. The van der Waals surface area contributed by atoms with Crippen molar-refractivity contribution in [1.82, 2.24) is 24.3 Å². The Kier molecular flexibility index (Phi) is 2.94. The van der Waals surface area contributed by atoms with Crippen molar-refractivity contribution in [2.75, 3.05) is 0 Å². The Balaban J connectivity index is 1.92. The zero-order chi connectivity index (χ0) is 13.4. The molecule has 1 N–H and O–H groups in total. The molecule has 6 heteroatoms. The van der Waals surface area contributed by atoms with Crippen LogP contribution in [0.25, 0.3) is 11.2 Å². The lowest BCUT2D eigenvalue weighted by Crippen LogP contribution is -2.08. The van der Waals surface area contributed by atoms with Crippen LogP contribution in [0.3, 0.4) is 0 Å². The van der Waals surface area contributed by atoms with Crippen molar-refractivity contribution in [2.45, 2.75) is 26.9 Å². The van der Waals surface area contributed by atoms with Gasteiger partial charge in [-0.1, -0.05) is 0 Å². The lowest BCUT2D eigenvalue weighted by atomic mass is 10.3. The maximum absolute atomic E-state index is 5.35. The number of aryl methyl sites for hydroxylation is 4. The molecule has 0 unspecified atom stereocenters. The quantitative estimate of drug-likeness (QED) is 0.746. The Morgan fingerprint density at radius 1 is 1.21 bits per heavy atom. The number of aromatic amines is 1. The van der Waals surface area contributed by atoms with Crippen molar-refractivity contribution in [3.05, 3.63) is 40.6 Å². The fourth-order valence-corrected chi connectivity index (χ4v) is 2.43. The minimum absolute atomic E-state index is 0.706. The van der Waals surface area contributed by atoms with Crippen LogP contribution in [-0.2, 0) is 13.1 Å². The van der Waals surface area contributed by atoms with E-state index in [1.165, 1.54) is 0 Å². The Hall–Kier alpha value is -1.95. The normalized spacial score (nSPS) is 11.3. The molecule has 0 bridgehead atoms. The highest BCUT2D eigenvalue weighted by Gasteiger charge is 2.06. The van der Waals surface area contributed by atoms with Gasteiger partial charge in [0.2, 0.25) is 0 Å². The van der Waals surface area contributed by atoms with Crippen molar-refractivity contribution in [2.24, 2.45) is 0 Å². The average molecular weight is 273 g/mol. The van der Waals surface area contributed by atoms with Crippen LogP contribution >= 0.6 is 12.2 Å². The molecule has 0 spiro atoms. The summed E-state index contributed by atoms with van der Waals surface area (Å²) in [6.07, 6.45) is 5.74. The van der Waals surface area contributed by atoms with Crippen LogP contribution in [-0.4, -0.2) is 24.3 Å². The van der Waals surface area contributed by atoms with E-state index >= 15 is 0 Å². The monoisotopic (exact) mass is 273 g/mol. The third-order valence-electron chi connectivity index (χ3n) is 3.06. The second-order valence-electron chi connectivity index (χ2n) is 4.75. The van der Waals surface area contributed by atoms with E-state index in [9.17, 15) is 0 Å². The summed E-state index contributed by atoms with van der Waals surface area (Å²) in [4.78, 5) is 7.65. The predicted octanol–water partition coefficient (Wildman–Crippen LogP) is 2.61. The van der Waals surface area contributed by atoms with E-state index in [1.54, 1.807) is 0 Å². The summed E-state index contributed by atoms with van der Waals surface area (Å²) in [6.45, 7) is 5.60. The van der Waals surface area contributed by atoms with Gasteiger partial charge in [-0.25, -0.2) is 4.98 Å². The van der Waals surface area contributed by atoms with Crippen molar-refractivity contribution in [3.63, 3.8) is 0 Å². The van der Waals surface area contributed by atoms with Crippen LogP contribution in [0.4, 0.5) is 0 Å². The second kappa shape index (κ2) is 4.62. The molecule has 0 aliphatic carbocycles. The maximum atomic E-state index is 5.35. The van der Waals surface area contributed by atoms with E-state index < -0.39 is 0 Å². The fourth-order valence-electron chi connectivity index (χ4n) is 2.15. The molecular weight excluding hydrogens is 258 g/mol. The van der Waals surface area contributed by atoms with Crippen molar-refractivity contribution < 1.29 is 0 Å². The summed E-state index contributed by atoms with van der Waals surface area (Å²) < 4.78 is 4.64. The first-order valence-corrected chi connectivity index (χ1v) is 6.58. The third kappa shape index (κ3) is 2.31. The second-order valence-corrected chi connectivity index (χ2v) is 5.13. The van der Waals surface area contributed by atoms with Gasteiger partial charge >= 0.3 is 0 Å². The number of hydrogen-bond donors (Lipinski definition) is 1. The van der Waals surface area contributed by atoms with Crippen LogP contribution < -0.4 is 0 Å². The lowest BCUT2D eigenvalue weighted by Gasteiger charge is -2.04. The molecule has 0 amide bonds. The van der Waals surface area contributed by atoms with Gasteiger partial charge in [-0.2, -0.15) is 5.10 Å². The van der Waals surface area contributed by atoms with Gasteiger partial charge in [-0.15, -0.1) is 0 Å². The van der Waals surface area contributed by atoms with Crippen molar-refractivity contribution in [3.8, 4) is 0 Å². The molecule has 3 heterocycles. The highest BCUT2D eigenvalue weighted by atomic mass is 32.1. The molecule has 0 saturated heterocycles. The number of nitrogens with zero attached hydrogens (tertiary/aromatic N) is 4. The molecule has 3 aromatic rings. The Bertz CT molecular complexity index is 780. The van der Waals surface area contributed by atoms with Crippen molar-refractivity contribution in [1.29, 1.82) is 0 Å². The van der Waals surface area contributed by atoms with E-state index in [-0.39, 0.29) is 0 Å². The highest BCUT2D eigenvalue weighted by Crippen LogP contribution is 2.13. The SMILES string of the molecule is Cc1cnc2c(c1)[nH]c(=S)n2CCn1cc(C)cn1. The summed E-state index contributed by atoms with van der Waals surface area (Å²) in [6, 6.07) is 2.06. The van der Waals surface area contributed by atoms with Crippen LogP contribution in [0.15, 0.2) is 24.7 Å². The highest BCUT2D eigenvalue weighted by molar-refractivity contribution is 7.71. The number of imidazole rings is 1. The molecule has 5 nitrogen and oxygen atoms in total. The van der Waals surface area contributed by atoms with E-state index in [2.05, 4.69) is 21.1 Å². The first-order chi connectivity index (χ1) is 9.13. The molecule has 0 aliphatic heterocycles. The molecule has 0 atom stereocenters. The van der Waals surface area contributed by atoms with E-state index in [0.717, 1.165) is 35.4 Å². The molecule has 3 aromatic heterocycles. The van der Waals surface area contributed by atoms with Crippen molar-refractivity contribution >= 4 is 23.4 Å². The summed E-state index contributed by atoms with van der Waals surface area (Å²) in [5, 5.41) is 4.28. The predicted molar refractivity (Wildman–Crippen MR) is 76.6 cm³/mol. The zero-order valence-corrected chi connectivity index (χ0v) is 11.7. The number of hydrogen-bond acceptors (Lipinski definition) is 3. The molecule has 0 radical (unpaired) electrons. The first kappa shape index (κ1) is 12.1. The van der Waals surface area contributed by atoms with E-state index in [1.807, 2.05) is 41.7 Å². The molecule has 0 fully saturated rings. The van der Waals surface area contributed by atoms with Gasteiger partial charge in [0.1, 0.15) is 0 Å². The van der Waals surface area contributed by atoms with Crippen LogP contribution in [0, 0.1) is 18.6 Å². The van der Waals surface area contributed by atoms with Gasteiger partial charge in [0.15, 0.2) is 10.4 Å². The molecular formula is C13H15N5S. The van der Waals surface area contributed by atoms with Crippen LogP contribution in [0.1, 0.15) is 11.1 Å². The number of pyridine rings is 1.